The van der Waals surface area contributed by atoms with Crippen molar-refractivity contribution in [1.82, 2.24) is 4.98 Å². The van der Waals surface area contributed by atoms with Gasteiger partial charge in [-0.15, -0.1) is 0 Å². The van der Waals surface area contributed by atoms with Gasteiger partial charge in [-0.25, -0.2) is 4.98 Å². The van der Waals surface area contributed by atoms with Crippen molar-refractivity contribution >= 4 is 23.3 Å². The Labute approximate surface area is 191 Å². The van der Waals surface area contributed by atoms with Crippen LogP contribution in [-0.2, 0) is 9.59 Å². The molecule has 1 atom stereocenters. The number of anilines is 1. The fraction of sp³-hybridized carbons (Fsp3) is 0.192. The van der Waals surface area contributed by atoms with E-state index in [4.69, 9.17) is 9.47 Å². The Hall–Kier alpha value is -4.13. The van der Waals surface area contributed by atoms with Crippen LogP contribution in [0.25, 0.3) is 5.76 Å². The molecule has 2 heterocycles. The van der Waals surface area contributed by atoms with Crippen LogP contribution in [0.1, 0.15) is 30.5 Å². The number of rotatable bonds is 7. The molecule has 33 heavy (non-hydrogen) atoms. The number of carbonyl (C=O) groups excluding carboxylic acids is 2. The number of hydrogen-bond donors (Lipinski definition) is 1. The van der Waals surface area contributed by atoms with E-state index < -0.39 is 17.7 Å². The number of hydrogen-bond acceptors (Lipinski definition) is 6. The van der Waals surface area contributed by atoms with Crippen LogP contribution in [0.5, 0.6) is 11.5 Å². The van der Waals surface area contributed by atoms with Crippen molar-refractivity contribution in [3.05, 3.63) is 89.6 Å². The number of carbonyl (C=O) groups is 2. The van der Waals surface area contributed by atoms with Gasteiger partial charge < -0.3 is 14.6 Å². The zero-order chi connectivity index (χ0) is 23.4. The second kappa shape index (κ2) is 9.56. The van der Waals surface area contributed by atoms with Crippen LogP contribution >= 0.6 is 0 Å². The summed E-state index contributed by atoms with van der Waals surface area (Å²) in [5.41, 5.74) is 1.06. The van der Waals surface area contributed by atoms with Gasteiger partial charge in [0.2, 0.25) is 0 Å². The Balaban J connectivity index is 1.83. The molecule has 0 spiro atoms. The molecule has 7 nitrogen and oxygen atoms in total. The van der Waals surface area contributed by atoms with Crippen LogP contribution in [0.15, 0.2) is 78.5 Å². The second-order valence-corrected chi connectivity index (χ2v) is 7.50. The monoisotopic (exact) mass is 444 g/mol. The summed E-state index contributed by atoms with van der Waals surface area (Å²) in [5, 5.41) is 11.2. The number of pyridine rings is 1. The molecular formula is C26H24N2O5. The quantitative estimate of drug-likeness (QED) is 0.328. The number of Topliss-reactive ketones (excluding diaryl/α,β-unsaturated/α-hetero) is 1. The van der Waals surface area contributed by atoms with E-state index in [-0.39, 0.29) is 11.3 Å². The highest BCUT2D eigenvalue weighted by Crippen LogP contribution is 2.41. The van der Waals surface area contributed by atoms with Crippen molar-refractivity contribution in [3.63, 3.8) is 0 Å². The van der Waals surface area contributed by atoms with Gasteiger partial charge in [0.25, 0.3) is 5.78 Å². The first-order valence-electron chi connectivity index (χ1n) is 10.6. The maximum absolute atomic E-state index is 13.1. The van der Waals surface area contributed by atoms with Gasteiger partial charge in [-0.05, 0) is 60.5 Å². The molecule has 0 radical (unpaired) electrons. The number of aromatic nitrogens is 1. The smallest absolute Gasteiger partial charge is 0.301 e. The number of nitrogens with zero attached hydrogens (tertiary/aromatic N) is 2. The van der Waals surface area contributed by atoms with Crippen LogP contribution in [0.3, 0.4) is 0 Å². The number of amides is 1. The maximum Gasteiger partial charge on any atom is 0.301 e. The molecule has 0 bridgehead atoms. The summed E-state index contributed by atoms with van der Waals surface area (Å²) in [5.74, 6) is -0.160. The van der Waals surface area contributed by atoms with Gasteiger partial charge in [0.15, 0.2) is 0 Å². The summed E-state index contributed by atoms with van der Waals surface area (Å²) in [7, 11) is 1.56. The molecule has 2 aromatic carbocycles. The number of benzene rings is 2. The molecule has 0 unspecified atom stereocenters. The third-order valence-corrected chi connectivity index (χ3v) is 5.37. The minimum absolute atomic E-state index is 0.00181. The number of methoxy groups -OCH3 is 1. The van der Waals surface area contributed by atoms with Crippen LogP contribution in [0.2, 0.25) is 0 Å². The fourth-order valence-electron chi connectivity index (χ4n) is 3.75. The number of aliphatic hydroxyl groups excluding tert-OH is 1. The summed E-state index contributed by atoms with van der Waals surface area (Å²) in [6.07, 6.45) is 2.43. The van der Waals surface area contributed by atoms with Crippen molar-refractivity contribution in [1.29, 1.82) is 0 Å². The highest BCUT2D eigenvalue weighted by Gasteiger charge is 2.47. The lowest BCUT2D eigenvalue weighted by Crippen LogP contribution is -2.30. The molecule has 1 aliphatic heterocycles. The lowest BCUT2D eigenvalue weighted by Gasteiger charge is -2.24. The minimum Gasteiger partial charge on any atom is -0.507 e. The zero-order valence-electron chi connectivity index (χ0n) is 18.4. The first kappa shape index (κ1) is 22.1. The van der Waals surface area contributed by atoms with E-state index in [2.05, 4.69) is 4.98 Å². The third-order valence-electron chi connectivity index (χ3n) is 5.37. The third kappa shape index (κ3) is 4.30. The van der Waals surface area contributed by atoms with Gasteiger partial charge in [0.1, 0.15) is 23.1 Å². The van der Waals surface area contributed by atoms with Gasteiger partial charge in [-0.3, -0.25) is 14.5 Å². The molecule has 4 rings (SSSR count). The molecule has 1 saturated heterocycles. The SMILES string of the molecule is CCCOc1ccc(/C(O)=C2\C(=O)C(=O)N(c3ccccn3)[C@@H]2c2ccc(OC)cc2)cc1. The molecular weight excluding hydrogens is 420 g/mol. The normalized spacial score (nSPS) is 17.3. The Bertz CT molecular complexity index is 1170. The topological polar surface area (TPSA) is 89.0 Å². The summed E-state index contributed by atoms with van der Waals surface area (Å²) < 4.78 is 10.8. The molecule has 168 valence electrons. The van der Waals surface area contributed by atoms with Crippen LogP contribution in [0, 0.1) is 0 Å². The highest BCUT2D eigenvalue weighted by molar-refractivity contribution is 6.51. The predicted molar refractivity (Wildman–Crippen MR) is 124 cm³/mol. The van der Waals surface area contributed by atoms with Gasteiger partial charge in [-0.2, -0.15) is 0 Å². The van der Waals surface area contributed by atoms with E-state index in [1.54, 1.807) is 80.0 Å². The maximum atomic E-state index is 13.1. The zero-order valence-corrected chi connectivity index (χ0v) is 18.4. The van der Waals surface area contributed by atoms with Crippen LogP contribution in [-0.4, -0.2) is 35.5 Å². The standard InChI is InChI=1S/C26H24N2O5/c1-3-16-33-20-13-9-18(10-14-20)24(29)22-23(17-7-11-19(32-2)12-8-17)28(26(31)25(22)30)21-6-4-5-15-27-21/h4-15,23,29H,3,16H2,1-2H3/b24-22+/t23-/m1/s1. The largest absolute Gasteiger partial charge is 0.507 e. The van der Waals surface area contributed by atoms with E-state index >= 15 is 0 Å². The molecule has 1 aromatic heterocycles. The Kier molecular flexibility index (Phi) is 6.40. The Morgan fingerprint density at radius 3 is 2.30 bits per heavy atom. The van der Waals surface area contributed by atoms with E-state index in [1.165, 1.54) is 4.90 Å². The Morgan fingerprint density at radius 2 is 1.70 bits per heavy atom. The molecule has 0 aliphatic carbocycles. The lowest BCUT2D eigenvalue weighted by molar-refractivity contribution is -0.132. The van der Waals surface area contributed by atoms with E-state index in [1.807, 2.05) is 6.92 Å². The molecule has 1 fully saturated rings. The van der Waals surface area contributed by atoms with Gasteiger partial charge in [0, 0.05) is 11.8 Å². The molecule has 1 N–H and O–H groups in total. The molecule has 1 aliphatic rings. The van der Waals surface area contributed by atoms with E-state index in [0.717, 1.165) is 6.42 Å². The Morgan fingerprint density at radius 1 is 1.00 bits per heavy atom. The summed E-state index contributed by atoms with van der Waals surface area (Å²) >= 11 is 0. The van der Waals surface area contributed by atoms with Gasteiger partial charge in [0.05, 0.1) is 25.3 Å². The van der Waals surface area contributed by atoms with Crippen LogP contribution in [0.4, 0.5) is 5.82 Å². The van der Waals surface area contributed by atoms with Gasteiger partial charge in [-0.1, -0.05) is 25.1 Å². The van der Waals surface area contributed by atoms with Crippen molar-refractivity contribution < 1.29 is 24.2 Å². The summed E-state index contributed by atoms with van der Waals surface area (Å²) in [6, 6.07) is 18.1. The van der Waals surface area contributed by atoms with E-state index in [9.17, 15) is 14.7 Å². The lowest BCUT2D eigenvalue weighted by atomic mass is 9.95. The molecule has 1 amide bonds. The number of ketones is 1. The average Bonchev–Trinajstić information content (AvgIpc) is 3.13. The van der Waals surface area contributed by atoms with Crippen molar-refractivity contribution in [2.45, 2.75) is 19.4 Å². The predicted octanol–water partition coefficient (Wildman–Crippen LogP) is 4.51. The molecule has 7 heteroatoms. The molecule has 3 aromatic rings. The average molecular weight is 444 g/mol. The van der Waals surface area contributed by atoms with Crippen molar-refractivity contribution in [2.75, 3.05) is 18.6 Å². The summed E-state index contributed by atoms with van der Waals surface area (Å²) in [6.45, 7) is 2.60. The first-order chi connectivity index (χ1) is 16.0. The highest BCUT2D eigenvalue weighted by atomic mass is 16.5. The fourth-order valence-corrected chi connectivity index (χ4v) is 3.75. The van der Waals surface area contributed by atoms with Crippen molar-refractivity contribution in [3.8, 4) is 11.5 Å². The summed E-state index contributed by atoms with van der Waals surface area (Å²) in [4.78, 5) is 31.8. The minimum atomic E-state index is -0.846. The second-order valence-electron chi connectivity index (χ2n) is 7.50. The number of aliphatic hydroxyl groups is 1. The van der Waals surface area contributed by atoms with Crippen molar-refractivity contribution in [2.24, 2.45) is 0 Å². The van der Waals surface area contributed by atoms with E-state index in [0.29, 0.717) is 35.1 Å². The van der Waals surface area contributed by atoms with Crippen LogP contribution < -0.4 is 14.4 Å². The number of ether oxygens (including phenoxy) is 2. The molecule has 0 saturated carbocycles. The first-order valence-corrected chi connectivity index (χ1v) is 10.6. The van der Waals surface area contributed by atoms with Gasteiger partial charge >= 0.3 is 5.91 Å².